The van der Waals surface area contributed by atoms with Gasteiger partial charge in [-0.2, -0.15) is 0 Å². The number of aromatic nitrogens is 4. The molecule has 0 atom stereocenters. The number of benzene rings is 9. The molecule has 1 aliphatic heterocycles. The molecule has 5 heteroatoms. The quantitative estimate of drug-likeness (QED) is 0.175. The zero-order chi connectivity index (χ0) is 40.0. The highest BCUT2D eigenvalue weighted by Gasteiger charge is 2.25. The normalized spacial score (nSPS) is 12.1. The number of nitrogens with zero attached hydrogens (tertiary/aromatic N) is 4. The summed E-state index contributed by atoms with van der Waals surface area (Å²) < 4.78 is 11.4. The summed E-state index contributed by atoms with van der Waals surface area (Å²) in [6.45, 7) is 0. The third kappa shape index (κ3) is 5.14. The van der Waals surface area contributed by atoms with Gasteiger partial charge in [-0.05, 0) is 64.5 Å². The third-order valence-corrected chi connectivity index (χ3v) is 12.3. The van der Waals surface area contributed by atoms with E-state index in [-0.39, 0.29) is 0 Å². The predicted molar refractivity (Wildman–Crippen MR) is 250 cm³/mol. The van der Waals surface area contributed by atoms with Crippen LogP contribution >= 0.6 is 0 Å². The summed E-state index contributed by atoms with van der Waals surface area (Å²) in [5.74, 6) is 3.28. The molecule has 0 radical (unpaired) electrons. The standard InChI is InChI=1S/C56H34N4O/c1-4-15-35(16-5-1)46-33-53(58-56(57-46)36-17-6-2-7-18-36)60-47-25-12-10-21-40(47)45-31-37(28-30-48(45)60)38-27-29-43-49(32-38)59(39-19-8-3-9-20-39)50-34-52-55-42(23-14-24-44(55)54(43)50)41-22-11-13-26-51(41)61-52/h1-34H. The van der Waals surface area contributed by atoms with Gasteiger partial charge < -0.3 is 9.30 Å². The molecule has 0 spiro atoms. The molecule has 0 saturated heterocycles. The fourth-order valence-electron chi connectivity index (χ4n) is 9.61. The topological polar surface area (TPSA) is 44.9 Å². The molecule has 12 aromatic rings. The van der Waals surface area contributed by atoms with E-state index < -0.39 is 0 Å². The summed E-state index contributed by atoms with van der Waals surface area (Å²) >= 11 is 0. The van der Waals surface area contributed by atoms with E-state index >= 15 is 0 Å². The zero-order valence-electron chi connectivity index (χ0n) is 32.8. The second kappa shape index (κ2) is 13.1. The van der Waals surface area contributed by atoms with Crippen molar-refractivity contribution >= 4 is 54.4 Å². The van der Waals surface area contributed by atoms with E-state index in [1.807, 2.05) is 30.3 Å². The van der Waals surface area contributed by atoms with Gasteiger partial charge in [0.05, 0.1) is 27.8 Å². The van der Waals surface area contributed by atoms with Crippen LogP contribution in [-0.4, -0.2) is 19.1 Å². The molecule has 0 amide bonds. The van der Waals surface area contributed by atoms with Crippen molar-refractivity contribution in [3.8, 4) is 67.9 Å². The molecular formula is C56H34N4O. The maximum Gasteiger partial charge on any atom is 0.162 e. The molecule has 61 heavy (non-hydrogen) atoms. The first-order valence-corrected chi connectivity index (χ1v) is 20.7. The lowest BCUT2D eigenvalue weighted by Crippen LogP contribution is -2.02. The van der Waals surface area contributed by atoms with Gasteiger partial charge in [0.1, 0.15) is 17.3 Å². The van der Waals surface area contributed by atoms with Crippen LogP contribution in [0.1, 0.15) is 0 Å². The fourth-order valence-corrected chi connectivity index (χ4v) is 9.61. The summed E-state index contributed by atoms with van der Waals surface area (Å²) in [5.41, 5.74) is 13.1. The molecule has 0 fully saturated rings. The Morgan fingerprint density at radius 2 is 1.02 bits per heavy atom. The molecule has 0 aliphatic carbocycles. The minimum atomic E-state index is 0.690. The van der Waals surface area contributed by atoms with Crippen molar-refractivity contribution < 1.29 is 4.74 Å². The minimum absolute atomic E-state index is 0.690. The Hall–Kier alpha value is -8.28. The largest absolute Gasteiger partial charge is 0.456 e. The molecule has 4 heterocycles. The van der Waals surface area contributed by atoms with Crippen LogP contribution in [0.3, 0.4) is 0 Å². The monoisotopic (exact) mass is 778 g/mol. The Bertz CT molecular complexity index is 3660. The van der Waals surface area contributed by atoms with E-state index in [1.165, 1.54) is 27.1 Å². The molecule has 0 saturated carbocycles. The van der Waals surface area contributed by atoms with Gasteiger partial charge in [-0.1, -0.05) is 152 Å². The van der Waals surface area contributed by atoms with Gasteiger partial charge in [-0.15, -0.1) is 0 Å². The summed E-state index contributed by atoms with van der Waals surface area (Å²) in [6.07, 6.45) is 0. The smallest absolute Gasteiger partial charge is 0.162 e. The molecule has 284 valence electrons. The summed E-state index contributed by atoms with van der Waals surface area (Å²) in [4.78, 5) is 10.3. The summed E-state index contributed by atoms with van der Waals surface area (Å²) in [5, 5.41) is 7.11. The lowest BCUT2D eigenvalue weighted by Gasteiger charge is -2.22. The zero-order valence-corrected chi connectivity index (χ0v) is 32.8. The van der Waals surface area contributed by atoms with Gasteiger partial charge in [-0.3, -0.25) is 4.57 Å². The lowest BCUT2D eigenvalue weighted by atomic mass is 9.92. The Morgan fingerprint density at radius 1 is 0.344 bits per heavy atom. The molecule has 13 rings (SSSR count). The van der Waals surface area contributed by atoms with Crippen molar-refractivity contribution in [2.75, 3.05) is 0 Å². The Labute approximate surface area is 351 Å². The Balaban J connectivity index is 1.03. The molecule has 0 N–H and O–H groups in total. The first-order chi connectivity index (χ1) is 30.2. The maximum atomic E-state index is 6.68. The van der Waals surface area contributed by atoms with Crippen LogP contribution in [0, 0.1) is 0 Å². The van der Waals surface area contributed by atoms with Crippen molar-refractivity contribution in [3.05, 3.63) is 206 Å². The molecule has 5 nitrogen and oxygen atoms in total. The van der Waals surface area contributed by atoms with Crippen molar-refractivity contribution in [3.63, 3.8) is 0 Å². The molecule has 3 aromatic heterocycles. The summed E-state index contributed by atoms with van der Waals surface area (Å²) in [7, 11) is 0. The number of hydrogen-bond donors (Lipinski definition) is 0. The van der Waals surface area contributed by atoms with Crippen LogP contribution in [0.25, 0.3) is 111 Å². The van der Waals surface area contributed by atoms with Crippen molar-refractivity contribution in [1.29, 1.82) is 0 Å². The van der Waals surface area contributed by atoms with E-state index in [0.717, 1.165) is 89.4 Å². The van der Waals surface area contributed by atoms with Crippen LogP contribution in [0.15, 0.2) is 206 Å². The van der Waals surface area contributed by atoms with Gasteiger partial charge in [0.15, 0.2) is 5.82 Å². The van der Waals surface area contributed by atoms with Crippen molar-refractivity contribution in [2.24, 2.45) is 0 Å². The predicted octanol–water partition coefficient (Wildman–Crippen LogP) is 14.6. The molecule has 0 bridgehead atoms. The van der Waals surface area contributed by atoms with E-state index in [9.17, 15) is 0 Å². The van der Waals surface area contributed by atoms with Crippen LogP contribution < -0.4 is 4.74 Å². The van der Waals surface area contributed by atoms with E-state index in [1.54, 1.807) is 0 Å². The number of rotatable bonds is 5. The number of hydrogen-bond acceptors (Lipinski definition) is 3. The van der Waals surface area contributed by atoms with E-state index in [4.69, 9.17) is 14.7 Å². The van der Waals surface area contributed by atoms with Crippen LogP contribution in [0.5, 0.6) is 11.5 Å². The van der Waals surface area contributed by atoms with Crippen LogP contribution in [-0.2, 0) is 0 Å². The van der Waals surface area contributed by atoms with E-state index in [2.05, 4.69) is 185 Å². The molecule has 1 aliphatic rings. The van der Waals surface area contributed by atoms with Gasteiger partial charge in [0.25, 0.3) is 0 Å². The Kier molecular flexibility index (Phi) is 7.24. The average molecular weight is 779 g/mol. The average Bonchev–Trinajstić information content (AvgIpc) is 3.84. The number of para-hydroxylation sites is 3. The van der Waals surface area contributed by atoms with Crippen molar-refractivity contribution in [1.82, 2.24) is 19.1 Å². The van der Waals surface area contributed by atoms with E-state index in [0.29, 0.717) is 5.82 Å². The molecular weight excluding hydrogens is 745 g/mol. The second-order valence-electron chi connectivity index (χ2n) is 15.7. The second-order valence-corrected chi connectivity index (χ2v) is 15.7. The van der Waals surface area contributed by atoms with Crippen LogP contribution in [0.2, 0.25) is 0 Å². The first kappa shape index (κ1) is 33.7. The highest BCUT2D eigenvalue weighted by molar-refractivity contribution is 6.25. The highest BCUT2D eigenvalue weighted by Crippen LogP contribution is 2.51. The minimum Gasteiger partial charge on any atom is -0.456 e. The fraction of sp³-hybridized carbons (Fsp3) is 0. The summed E-state index contributed by atoms with van der Waals surface area (Å²) in [6, 6.07) is 73.0. The van der Waals surface area contributed by atoms with Gasteiger partial charge in [-0.25, -0.2) is 9.97 Å². The first-order valence-electron chi connectivity index (χ1n) is 20.7. The third-order valence-electron chi connectivity index (χ3n) is 12.3. The van der Waals surface area contributed by atoms with Crippen LogP contribution in [0.4, 0.5) is 0 Å². The Morgan fingerprint density at radius 3 is 1.87 bits per heavy atom. The van der Waals surface area contributed by atoms with Gasteiger partial charge in [0.2, 0.25) is 0 Å². The lowest BCUT2D eigenvalue weighted by molar-refractivity contribution is 0.487. The van der Waals surface area contributed by atoms with Crippen molar-refractivity contribution in [2.45, 2.75) is 0 Å². The highest BCUT2D eigenvalue weighted by atomic mass is 16.5. The number of ether oxygens (including phenoxy) is 1. The molecule has 0 unspecified atom stereocenters. The SMILES string of the molecule is c1ccc(-c2cc(-n3c4ccccc4c4cc(-c5ccc6c7c8cccc9c8c(cc7n(-c7ccccc7)c6c5)Oc5ccccc5-9)ccc43)nc(-c3ccccc3)n2)cc1. The maximum absolute atomic E-state index is 6.68. The molecule has 9 aromatic carbocycles. The van der Waals surface area contributed by atoms with Gasteiger partial charge in [0, 0.05) is 61.4 Å². The number of fused-ring (bicyclic) bond motifs is 9. The van der Waals surface area contributed by atoms with Gasteiger partial charge >= 0.3 is 0 Å².